The fourth-order valence-corrected chi connectivity index (χ4v) is 3.46. The van der Waals surface area contributed by atoms with Gasteiger partial charge in [0.25, 0.3) is 5.95 Å². The number of anilines is 4. The van der Waals surface area contributed by atoms with Gasteiger partial charge in [0.15, 0.2) is 6.61 Å². The molecule has 0 aliphatic carbocycles. The number of aromatic nitrogens is 3. The molecule has 0 radical (unpaired) electrons. The normalized spacial score (nSPS) is 11.5. The van der Waals surface area contributed by atoms with Gasteiger partial charge in [-0.05, 0) is 36.4 Å². The molecule has 0 saturated carbocycles. The average Bonchev–Trinajstić information content (AvgIpc) is 2.85. The van der Waals surface area contributed by atoms with Gasteiger partial charge in [-0.1, -0.05) is 65.7 Å². The Morgan fingerprint density at radius 1 is 0.889 bits per heavy atom. The Morgan fingerprint density at radius 2 is 1.53 bits per heavy atom. The number of hydrazone groups is 1. The number of alkyl halides is 3. The second-order valence-corrected chi connectivity index (χ2v) is 8.03. The SMILES string of the molecule is FC(F)(F)COc1nc(NN=Cc2ccc(Cl)cc2Cl)nc(N(c2ccccc2)c2ccccc2)n1. The molecular formula is C24H17Cl2F3N6O. The minimum Gasteiger partial charge on any atom is -0.454 e. The summed E-state index contributed by atoms with van der Waals surface area (Å²) in [6.07, 6.45) is -3.19. The van der Waals surface area contributed by atoms with Gasteiger partial charge in [-0.3, -0.25) is 4.90 Å². The zero-order valence-electron chi connectivity index (χ0n) is 18.3. The van der Waals surface area contributed by atoms with Crippen molar-refractivity contribution in [2.45, 2.75) is 6.18 Å². The van der Waals surface area contributed by atoms with Crippen LogP contribution in [0.2, 0.25) is 10.0 Å². The highest BCUT2D eigenvalue weighted by Gasteiger charge is 2.29. The molecule has 3 aromatic carbocycles. The summed E-state index contributed by atoms with van der Waals surface area (Å²) < 4.78 is 43.3. The first kappa shape index (κ1) is 25.2. The molecule has 1 aromatic heterocycles. The van der Waals surface area contributed by atoms with Crippen LogP contribution in [-0.4, -0.2) is 33.9 Å². The van der Waals surface area contributed by atoms with Crippen molar-refractivity contribution in [2.24, 2.45) is 5.10 Å². The topological polar surface area (TPSA) is 75.5 Å². The largest absolute Gasteiger partial charge is 0.454 e. The number of halogens is 5. The molecule has 0 unspecified atom stereocenters. The average molecular weight is 533 g/mol. The predicted octanol–water partition coefficient (Wildman–Crippen LogP) is 7.04. The number of nitrogens with one attached hydrogen (secondary N) is 1. The van der Waals surface area contributed by atoms with Gasteiger partial charge in [0, 0.05) is 22.0 Å². The van der Waals surface area contributed by atoms with Crippen LogP contribution in [0, 0.1) is 0 Å². The molecule has 0 atom stereocenters. The molecule has 4 aromatic rings. The first-order valence-corrected chi connectivity index (χ1v) is 11.1. The maximum Gasteiger partial charge on any atom is 0.422 e. The Balaban J connectivity index is 1.72. The summed E-state index contributed by atoms with van der Waals surface area (Å²) in [5.74, 6) is -0.128. The van der Waals surface area contributed by atoms with Crippen molar-refractivity contribution in [1.29, 1.82) is 0 Å². The van der Waals surface area contributed by atoms with Crippen molar-refractivity contribution in [3.05, 3.63) is 94.5 Å². The minimum absolute atomic E-state index is 0.0156. The van der Waals surface area contributed by atoms with Gasteiger partial charge in [-0.25, -0.2) is 5.43 Å². The summed E-state index contributed by atoms with van der Waals surface area (Å²) >= 11 is 12.0. The van der Waals surface area contributed by atoms with Crippen LogP contribution in [0.25, 0.3) is 0 Å². The number of nitrogens with zero attached hydrogens (tertiary/aromatic N) is 5. The number of para-hydroxylation sites is 2. The van der Waals surface area contributed by atoms with E-state index in [0.29, 0.717) is 27.0 Å². The van der Waals surface area contributed by atoms with Crippen LogP contribution in [0.5, 0.6) is 6.01 Å². The van der Waals surface area contributed by atoms with E-state index in [9.17, 15) is 13.2 Å². The van der Waals surface area contributed by atoms with Gasteiger partial charge in [0.2, 0.25) is 5.95 Å². The van der Waals surface area contributed by atoms with Crippen LogP contribution in [-0.2, 0) is 0 Å². The molecule has 1 heterocycles. The highest BCUT2D eigenvalue weighted by Crippen LogP contribution is 2.33. The quantitative estimate of drug-likeness (QED) is 0.194. The van der Waals surface area contributed by atoms with Crippen LogP contribution < -0.4 is 15.1 Å². The number of rotatable bonds is 8. The van der Waals surface area contributed by atoms with Gasteiger partial charge in [-0.15, -0.1) is 0 Å². The predicted molar refractivity (Wildman–Crippen MR) is 134 cm³/mol. The van der Waals surface area contributed by atoms with Gasteiger partial charge < -0.3 is 4.74 Å². The zero-order valence-corrected chi connectivity index (χ0v) is 19.8. The summed E-state index contributed by atoms with van der Waals surface area (Å²) in [6, 6.07) is 22.4. The van der Waals surface area contributed by atoms with Gasteiger partial charge in [-0.2, -0.15) is 33.2 Å². The summed E-state index contributed by atoms with van der Waals surface area (Å²) in [6.45, 7) is -1.57. The van der Waals surface area contributed by atoms with Crippen LogP contribution in [0.4, 0.5) is 36.4 Å². The first-order valence-electron chi connectivity index (χ1n) is 10.4. The minimum atomic E-state index is -4.58. The lowest BCUT2D eigenvalue weighted by atomic mass is 10.2. The Morgan fingerprint density at radius 3 is 2.11 bits per heavy atom. The van der Waals surface area contributed by atoms with Crippen molar-refractivity contribution in [3.63, 3.8) is 0 Å². The molecule has 0 amide bonds. The van der Waals surface area contributed by atoms with E-state index in [1.807, 2.05) is 36.4 Å². The number of ether oxygens (including phenoxy) is 1. The molecule has 0 spiro atoms. The van der Waals surface area contributed by atoms with Crippen LogP contribution in [0.3, 0.4) is 0 Å². The van der Waals surface area contributed by atoms with E-state index in [0.717, 1.165) is 0 Å². The third-order valence-electron chi connectivity index (χ3n) is 4.53. The molecule has 7 nitrogen and oxygen atoms in total. The van der Waals surface area contributed by atoms with Gasteiger partial charge >= 0.3 is 12.2 Å². The molecule has 0 aliphatic rings. The number of benzene rings is 3. The lowest BCUT2D eigenvalue weighted by Crippen LogP contribution is -2.21. The van der Waals surface area contributed by atoms with Crippen molar-refractivity contribution in [3.8, 4) is 6.01 Å². The monoisotopic (exact) mass is 532 g/mol. The molecule has 36 heavy (non-hydrogen) atoms. The van der Waals surface area contributed by atoms with E-state index >= 15 is 0 Å². The van der Waals surface area contributed by atoms with E-state index in [-0.39, 0.29) is 11.9 Å². The van der Waals surface area contributed by atoms with E-state index in [4.69, 9.17) is 27.9 Å². The zero-order chi connectivity index (χ0) is 25.5. The van der Waals surface area contributed by atoms with E-state index < -0.39 is 18.8 Å². The van der Waals surface area contributed by atoms with Gasteiger partial charge in [0.1, 0.15) is 0 Å². The lowest BCUT2D eigenvalue weighted by molar-refractivity contribution is -0.154. The summed E-state index contributed by atoms with van der Waals surface area (Å²) in [5, 5.41) is 4.86. The smallest absolute Gasteiger partial charge is 0.422 e. The third-order valence-corrected chi connectivity index (χ3v) is 5.09. The molecule has 0 fully saturated rings. The number of hydrogen-bond acceptors (Lipinski definition) is 7. The van der Waals surface area contributed by atoms with Gasteiger partial charge in [0.05, 0.1) is 11.2 Å². The Bertz CT molecular complexity index is 1300. The second-order valence-electron chi connectivity index (χ2n) is 7.19. The molecule has 4 rings (SSSR count). The Labute approximate surface area is 214 Å². The molecule has 1 N–H and O–H groups in total. The molecule has 0 aliphatic heterocycles. The fraction of sp³-hybridized carbons (Fsp3) is 0.0833. The maximum absolute atomic E-state index is 12.8. The highest BCUT2D eigenvalue weighted by molar-refractivity contribution is 6.36. The number of hydrogen-bond donors (Lipinski definition) is 1. The fourth-order valence-electron chi connectivity index (χ4n) is 3.01. The summed E-state index contributed by atoms with van der Waals surface area (Å²) in [5.41, 5.74) is 4.48. The summed E-state index contributed by atoms with van der Waals surface area (Å²) in [7, 11) is 0. The third kappa shape index (κ3) is 6.83. The van der Waals surface area contributed by atoms with Crippen LogP contribution in [0.1, 0.15) is 5.56 Å². The van der Waals surface area contributed by atoms with E-state index in [1.165, 1.54) is 6.21 Å². The maximum atomic E-state index is 12.8. The van der Waals surface area contributed by atoms with Crippen molar-refractivity contribution >= 4 is 52.7 Å². The first-order chi connectivity index (χ1) is 17.3. The molecule has 0 saturated heterocycles. The van der Waals surface area contributed by atoms with Crippen LogP contribution in [0.15, 0.2) is 84.0 Å². The van der Waals surface area contributed by atoms with E-state index in [1.54, 1.807) is 47.4 Å². The summed E-state index contributed by atoms with van der Waals surface area (Å²) in [4.78, 5) is 14.1. The molecule has 184 valence electrons. The van der Waals surface area contributed by atoms with Crippen molar-refractivity contribution < 1.29 is 17.9 Å². The molecule has 12 heteroatoms. The Hall–Kier alpha value is -3.89. The highest BCUT2D eigenvalue weighted by atomic mass is 35.5. The standard InChI is InChI=1S/C24H17Cl2F3N6O/c25-17-12-11-16(20(26)13-17)14-30-34-21-31-22(33-23(32-21)36-15-24(27,28)29)35(18-7-3-1-4-8-18)19-9-5-2-6-10-19/h1-14H,15H2,(H,31,32,33,34). The van der Waals surface area contributed by atoms with Crippen molar-refractivity contribution in [2.75, 3.05) is 16.9 Å². The second kappa shape index (κ2) is 11.2. The van der Waals surface area contributed by atoms with E-state index in [2.05, 4.69) is 25.5 Å². The Kier molecular flexibility index (Phi) is 7.87. The molecule has 0 bridgehead atoms. The lowest BCUT2D eigenvalue weighted by Gasteiger charge is -2.23. The van der Waals surface area contributed by atoms with Crippen molar-refractivity contribution in [1.82, 2.24) is 15.0 Å². The molecular weight excluding hydrogens is 516 g/mol. The van der Waals surface area contributed by atoms with Crippen LogP contribution >= 0.6 is 23.2 Å².